The summed E-state index contributed by atoms with van der Waals surface area (Å²) in [6, 6.07) is 9.43. The monoisotopic (exact) mass is 708 g/mol. The molecule has 0 bridgehead atoms. The molecule has 2 N–H and O–H groups in total. The highest BCUT2D eigenvalue weighted by Crippen LogP contribution is 2.40. The van der Waals surface area contributed by atoms with Gasteiger partial charge in [0, 0.05) is 42.2 Å². The number of aromatic nitrogens is 3. The van der Waals surface area contributed by atoms with Gasteiger partial charge in [-0.3, -0.25) is 4.72 Å². The first-order chi connectivity index (χ1) is 22.9. The Bertz CT molecular complexity index is 1970. The smallest absolute Gasteiger partial charge is 0.410 e. The van der Waals surface area contributed by atoms with Crippen molar-refractivity contribution in [1.29, 1.82) is 0 Å². The number of aryl methyl sites for hydroxylation is 1. The molecule has 2 unspecified atom stereocenters. The van der Waals surface area contributed by atoms with Crippen LogP contribution >= 0.6 is 0 Å². The number of likely N-dealkylation sites (tertiary alicyclic amines) is 1. The Morgan fingerprint density at radius 1 is 1.02 bits per heavy atom. The molecule has 2 aromatic heterocycles. The van der Waals surface area contributed by atoms with Crippen LogP contribution in [0.1, 0.15) is 32.8 Å². The van der Waals surface area contributed by atoms with Crippen LogP contribution in [0.3, 0.4) is 0 Å². The molecule has 0 spiro atoms. The maximum atomic E-state index is 14.9. The molecule has 262 valence electrons. The fourth-order valence-corrected chi connectivity index (χ4v) is 6.27. The lowest BCUT2D eigenvalue weighted by atomic mass is 10.0. The van der Waals surface area contributed by atoms with Crippen molar-refractivity contribution in [1.82, 2.24) is 19.9 Å². The number of pyridine rings is 1. The molecule has 3 heterocycles. The number of rotatable bonds is 8. The number of carbonyl (C=O) groups is 1. The molecule has 11 nitrogen and oxygen atoms in total. The summed E-state index contributed by atoms with van der Waals surface area (Å²) < 4.78 is 106. The fraction of sp³-hybridized carbons (Fsp3) is 0.375. The molecule has 0 aliphatic carbocycles. The lowest BCUT2D eigenvalue weighted by Crippen LogP contribution is -2.51. The molecule has 1 amide bonds. The van der Waals surface area contributed by atoms with E-state index in [1.165, 1.54) is 35.5 Å². The number of piperidine rings is 1. The minimum absolute atomic E-state index is 0.0450. The van der Waals surface area contributed by atoms with Crippen molar-refractivity contribution in [2.75, 3.05) is 28.9 Å². The Labute approximate surface area is 278 Å². The zero-order valence-electron chi connectivity index (χ0n) is 26.8. The summed E-state index contributed by atoms with van der Waals surface area (Å²) in [6.45, 7) is 6.88. The first-order valence-electron chi connectivity index (χ1n) is 15.0. The third-order valence-corrected chi connectivity index (χ3v) is 8.42. The highest BCUT2D eigenvalue weighted by Gasteiger charge is 2.36. The van der Waals surface area contributed by atoms with E-state index in [1.54, 1.807) is 50.6 Å². The van der Waals surface area contributed by atoms with Gasteiger partial charge in [-0.25, -0.2) is 36.9 Å². The number of halogens is 5. The summed E-state index contributed by atoms with van der Waals surface area (Å²) >= 11 is 0. The SMILES string of the molecule is Cc1ccc2c(NS(=O)(=O)CC(F)(F)F)c(F)ccc2c1Oc1ncccc1-c1ccnc(NC2CC(F)CN(C(=O)OC(C)(C)C)C2)n1. The number of hydrogen-bond acceptors (Lipinski definition) is 9. The molecule has 17 heteroatoms. The summed E-state index contributed by atoms with van der Waals surface area (Å²) in [6.07, 6.45) is -3.97. The Balaban J connectivity index is 1.43. The van der Waals surface area contributed by atoms with Gasteiger partial charge in [-0.1, -0.05) is 12.1 Å². The van der Waals surface area contributed by atoms with Crippen molar-refractivity contribution >= 4 is 38.5 Å². The van der Waals surface area contributed by atoms with Crippen LogP contribution in [-0.2, 0) is 14.8 Å². The van der Waals surface area contributed by atoms with Gasteiger partial charge in [0.05, 0.1) is 23.5 Å². The van der Waals surface area contributed by atoms with Crippen LogP contribution in [0.4, 0.5) is 38.4 Å². The largest absolute Gasteiger partial charge is 0.444 e. The highest BCUT2D eigenvalue weighted by molar-refractivity contribution is 7.92. The summed E-state index contributed by atoms with van der Waals surface area (Å²) in [5, 5.41) is 3.23. The number of ether oxygens (including phenoxy) is 2. The van der Waals surface area contributed by atoms with E-state index in [0.717, 1.165) is 6.07 Å². The Kier molecular flexibility index (Phi) is 9.86. The number of benzene rings is 2. The number of nitrogens with one attached hydrogen (secondary N) is 2. The Morgan fingerprint density at radius 3 is 2.47 bits per heavy atom. The Hall–Kier alpha value is -4.80. The van der Waals surface area contributed by atoms with Crippen LogP contribution in [0.5, 0.6) is 11.6 Å². The second-order valence-electron chi connectivity index (χ2n) is 12.5. The number of carbonyl (C=O) groups excluding carboxylic acids is 1. The average Bonchev–Trinajstić information content (AvgIpc) is 2.98. The first kappa shape index (κ1) is 35.5. The van der Waals surface area contributed by atoms with E-state index in [9.17, 15) is 35.2 Å². The molecule has 1 aliphatic rings. The second kappa shape index (κ2) is 13.6. The predicted molar refractivity (Wildman–Crippen MR) is 172 cm³/mol. The summed E-state index contributed by atoms with van der Waals surface area (Å²) in [5.74, 6) is -2.96. The number of sulfonamides is 1. The highest BCUT2D eigenvalue weighted by atomic mass is 32.2. The van der Waals surface area contributed by atoms with Crippen LogP contribution in [-0.4, -0.2) is 77.2 Å². The Morgan fingerprint density at radius 2 is 1.76 bits per heavy atom. The van der Waals surface area contributed by atoms with Crippen LogP contribution in [0.25, 0.3) is 22.0 Å². The van der Waals surface area contributed by atoms with E-state index in [2.05, 4.69) is 20.3 Å². The second-order valence-corrected chi connectivity index (χ2v) is 14.2. The molecule has 49 heavy (non-hydrogen) atoms. The van der Waals surface area contributed by atoms with Gasteiger partial charge in [-0.2, -0.15) is 13.2 Å². The molecule has 5 rings (SSSR count). The molecule has 2 atom stereocenters. The predicted octanol–water partition coefficient (Wildman–Crippen LogP) is 7.00. The van der Waals surface area contributed by atoms with E-state index in [0.29, 0.717) is 16.8 Å². The molecule has 1 fully saturated rings. The van der Waals surface area contributed by atoms with Gasteiger partial charge in [0.25, 0.3) is 0 Å². The summed E-state index contributed by atoms with van der Waals surface area (Å²) in [7, 11) is -5.00. The van der Waals surface area contributed by atoms with Gasteiger partial charge in [0.1, 0.15) is 23.3 Å². The maximum Gasteiger partial charge on any atom is 0.410 e. The van der Waals surface area contributed by atoms with Crippen LogP contribution < -0.4 is 14.8 Å². The van der Waals surface area contributed by atoms with Gasteiger partial charge in [-0.15, -0.1) is 0 Å². The minimum Gasteiger partial charge on any atom is -0.444 e. The molecule has 2 aromatic carbocycles. The normalized spacial score (nSPS) is 17.1. The van der Waals surface area contributed by atoms with Gasteiger partial charge < -0.3 is 19.7 Å². The van der Waals surface area contributed by atoms with Crippen LogP contribution in [0.15, 0.2) is 54.9 Å². The molecule has 1 saturated heterocycles. The molecule has 1 aliphatic heterocycles. The van der Waals surface area contributed by atoms with Crippen molar-refractivity contribution < 1.29 is 44.6 Å². The standard InChI is InChI=1S/C32H33F5N6O5S/c1-18-7-8-21-22(9-10-24(34)26(21)42-49(45,46)17-32(35,36)37)27(18)47-28-23(6-5-12-38-28)25-11-13-39-29(41-25)40-20-14-19(33)15-43(16-20)30(44)48-31(2,3)4/h5-13,19-20,42H,14-17H2,1-4H3,(H,39,40,41). The average molecular weight is 709 g/mol. The third kappa shape index (κ3) is 9.01. The molecular formula is C32H33F5N6O5S. The molecular weight excluding hydrogens is 675 g/mol. The lowest BCUT2D eigenvalue weighted by Gasteiger charge is -2.36. The van der Waals surface area contributed by atoms with Crippen LogP contribution in [0.2, 0.25) is 0 Å². The van der Waals surface area contributed by atoms with Gasteiger partial charge in [0.2, 0.25) is 21.9 Å². The topological polar surface area (TPSA) is 136 Å². The zero-order valence-corrected chi connectivity index (χ0v) is 27.6. The third-order valence-electron chi connectivity index (χ3n) is 7.19. The number of nitrogens with zero attached hydrogens (tertiary/aromatic N) is 4. The van der Waals surface area contributed by atoms with Crippen molar-refractivity contribution in [3.05, 3.63) is 66.2 Å². The summed E-state index contributed by atoms with van der Waals surface area (Å²) in [5.41, 5.74) is -0.150. The van der Waals surface area contributed by atoms with Crippen LogP contribution in [0, 0.1) is 12.7 Å². The van der Waals surface area contributed by atoms with Crippen molar-refractivity contribution in [2.24, 2.45) is 0 Å². The fourth-order valence-electron chi connectivity index (χ4n) is 5.25. The first-order valence-corrected chi connectivity index (χ1v) is 16.7. The van der Waals surface area contributed by atoms with E-state index < -0.39 is 57.4 Å². The van der Waals surface area contributed by atoms with Gasteiger partial charge in [0.15, 0.2) is 5.75 Å². The molecule has 0 radical (unpaired) electrons. The quantitative estimate of drug-likeness (QED) is 0.186. The zero-order chi connectivity index (χ0) is 35.7. The van der Waals surface area contributed by atoms with E-state index in [-0.39, 0.29) is 47.9 Å². The lowest BCUT2D eigenvalue weighted by molar-refractivity contribution is -0.106. The van der Waals surface area contributed by atoms with Crippen molar-refractivity contribution in [3.8, 4) is 22.9 Å². The number of fused-ring (bicyclic) bond motifs is 1. The number of anilines is 2. The van der Waals surface area contributed by atoms with E-state index in [4.69, 9.17) is 9.47 Å². The maximum absolute atomic E-state index is 14.9. The molecule has 4 aromatic rings. The number of hydrogen-bond donors (Lipinski definition) is 2. The number of alkyl halides is 4. The van der Waals surface area contributed by atoms with Gasteiger partial charge >= 0.3 is 12.3 Å². The van der Waals surface area contributed by atoms with E-state index in [1.807, 2.05) is 0 Å². The van der Waals surface area contributed by atoms with Gasteiger partial charge in [-0.05, 0) is 63.6 Å². The minimum atomic E-state index is -5.05. The summed E-state index contributed by atoms with van der Waals surface area (Å²) in [4.78, 5) is 27.0. The molecule has 0 saturated carbocycles. The van der Waals surface area contributed by atoms with Crippen molar-refractivity contribution in [3.63, 3.8) is 0 Å². The van der Waals surface area contributed by atoms with Crippen molar-refractivity contribution in [2.45, 2.75) is 58.1 Å². The number of amides is 1. The van der Waals surface area contributed by atoms with E-state index >= 15 is 0 Å².